The van der Waals surface area contributed by atoms with Crippen LogP contribution in [-0.4, -0.2) is 23.3 Å². The number of halogens is 3. The molecular weight excluding hydrogens is 337 g/mol. The molecule has 1 aromatic rings. The molecule has 0 N–H and O–H groups in total. The molecule has 0 aliphatic carbocycles. The van der Waals surface area contributed by atoms with E-state index in [0.717, 1.165) is 36.9 Å². The summed E-state index contributed by atoms with van der Waals surface area (Å²) in [5.74, 6) is -0.203. The normalized spacial score (nSPS) is 11.1. The molecule has 1 aromatic carbocycles. The van der Waals surface area contributed by atoms with Crippen molar-refractivity contribution in [3.05, 3.63) is 34.1 Å². The zero-order valence-corrected chi connectivity index (χ0v) is 12.5. The standard InChI is InChI=1S/C12H16Br2FN/c1-2-6-16(7-5-13)9-10-3-4-12(15)11(14)8-10/h3-4,8H,2,5-7,9H2,1H3. The van der Waals surface area contributed by atoms with Gasteiger partial charge in [-0.2, -0.15) is 0 Å². The summed E-state index contributed by atoms with van der Waals surface area (Å²) in [6.45, 7) is 5.13. The molecule has 90 valence electrons. The largest absolute Gasteiger partial charge is 0.298 e. The summed E-state index contributed by atoms with van der Waals surface area (Å²) in [5.41, 5.74) is 1.14. The van der Waals surface area contributed by atoms with E-state index in [2.05, 4.69) is 43.7 Å². The molecule has 1 nitrogen and oxygen atoms in total. The lowest BCUT2D eigenvalue weighted by atomic mass is 10.2. The molecule has 0 spiro atoms. The minimum Gasteiger partial charge on any atom is -0.298 e. The van der Waals surface area contributed by atoms with E-state index in [1.54, 1.807) is 0 Å². The quantitative estimate of drug-likeness (QED) is 0.693. The van der Waals surface area contributed by atoms with Crippen LogP contribution >= 0.6 is 31.9 Å². The van der Waals surface area contributed by atoms with Gasteiger partial charge in [-0.3, -0.25) is 4.90 Å². The van der Waals surface area contributed by atoms with Gasteiger partial charge in [-0.1, -0.05) is 28.9 Å². The summed E-state index contributed by atoms with van der Waals surface area (Å²) in [6, 6.07) is 5.21. The summed E-state index contributed by atoms with van der Waals surface area (Å²) in [5, 5.41) is 0.968. The molecule has 0 radical (unpaired) electrons. The number of nitrogens with zero attached hydrogens (tertiary/aromatic N) is 1. The molecule has 4 heteroatoms. The van der Waals surface area contributed by atoms with E-state index in [-0.39, 0.29) is 5.82 Å². The Hall–Kier alpha value is 0.0700. The second-order valence-electron chi connectivity index (χ2n) is 3.71. The minimum absolute atomic E-state index is 0.203. The topological polar surface area (TPSA) is 3.24 Å². The third kappa shape index (κ3) is 4.52. The predicted octanol–water partition coefficient (Wildman–Crippen LogP) is 4.20. The van der Waals surface area contributed by atoms with Crippen molar-refractivity contribution in [2.45, 2.75) is 19.9 Å². The number of benzene rings is 1. The molecule has 0 atom stereocenters. The van der Waals surface area contributed by atoms with Gasteiger partial charge in [0.05, 0.1) is 4.47 Å². The maximum absolute atomic E-state index is 13.1. The summed E-state index contributed by atoms with van der Waals surface area (Å²) in [7, 11) is 0. The first-order valence-corrected chi connectivity index (χ1v) is 7.31. The average Bonchev–Trinajstić information content (AvgIpc) is 2.24. The van der Waals surface area contributed by atoms with Crippen molar-refractivity contribution in [1.29, 1.82) is 0 Å². The number of rotatable bonds is 6. The second-order valence-corrected chi connectivity index (χ2v) is 5.36. The van der Waals surface area contributed by atoms with E-state index in [1.165, 1.54) is 6.07 Å². The SMILES string of the molecule is CCCN(CCBr)Cc1ccc(F)c(Br)c1. The van der Waals surface area contributed by atoms with Gasteiger partial charge in [0.25, 0.3) is 0 Å². The highest BCUT2D eigenvalue weighted by molar-refractivity contribution is 9.10. The summed E-state index contributed by atoms with van der Waals surface area (Å²) >= 11 is 6.66. The van der Waals surface area contributed by atoms with E-state index in [4.69, 9.17) is 0 Å². The molecular formula is C12H16Br2FN. The van der Waals surface area contributed by atoms with Crippen LogP contribution in [0.4, 0.5) is 4.39 Å². The number of hydrogen-bond donors (Lipinski definition) is 0. The van der Waals surface area contributed by atoms with Gasteiger partial charge >= 0.3 is 0 Å². The Kier molecular flexibility index (Phi) is 6.54. The Labute approximate surface area is 113 Å². The van der Waals surface area contributed by atoms with Crippen LogP contribution in [-0.2, 0) is 6.54 Å². The van der Waals surface area contributed by atoms with E-state index < -0.39 is 0 Å². The Balaban J connectivity index is 2.65. The van der Waals surface area contributed by atoms with Crippen molar-refractivity contribution in [2.75, 3.05) is 18.4 Å². The lowest BCUT2D eigenvalue weighted by Crippen LogP contribution is -2.26. The number of hydrogen-bond acceptors (Lipinski definition) is 1. The molecule has 0 saturated heterocycles. The summed E-state index contributed by atoms with van der Waals surface area (Å²) in [6.07, 6.45) is 1.13. The first-order valence-electron chi connectivity index (χ1n) is 5.39. The van der Waals surface area contributed by atoms with Crippen LogP contribution in [0.1, 0.15) is 18.9 Å². The first kappa shape index (κ1) is 14.1. The molecule has 0 aromatic heterocycles. The highest BCUT2D eigenvalue weighted by atomic mass is 79.9. The monoisotopic (exact) mass is 351 g/mol. The molecule has 0 saturated carbocycles. The van der Waals surface area contributed by atoms with Crippen molar-refractivity contribution >= 4 is 31.9 Å². The third-order valence-electron chi connectivity index (χ3n) is 2.33. The molecule has 1 rings (SSSR count). The van der Waals surface area contributed by atoms with E-state index in [1.807, 2.05) is 12.1 Å². The van der Waals surface area contributed by atoms with E-state index in [0.29, 0.717) is 4.47 Å². The highest BCUT2D eigenvalue weighted by Gasteiger charge is 2.06. The minimum atomic E-state index is -0.203. The summed E-state index contributed by atoms with van der Waals surface area (Å²) in [4.78, 5) is 2.36. The molecule has 0 aliphatic rings. The fourth-order valence-corrected chi connectivity index (χ4v) is 2.53. The van der Waals surface area contributed by atoms with E-state index >= 15 is 0 Å². The number of alkyl halides is 1. The Morgan fingerprint density at radius 1 is 1.31 bits per heavy atom. The predicted molar refractivity (Wildman–Crippen MR) is 73.5 cm³/mol. The van der Waals surface area contributed by atoms with Crippen molar-refractivity contribution in [3.8, 4) is 0 Å². The molecule has 0 amide bonds. The Morgan fingerprint density at radius 2 is 2.06 bits per heavy atom. The van der Waals surface area contributed by atoms with Gasteiger partial charge in [-0.05, 0) is 46.6 Å². The van der Waals surface area contributed by atoms with Gasteiger partial charge in [-0.25, -0.2) is 4.39 Å². The smallest absolute Gasteiger partial charge is 0.137 e. The van der Waals surface area contributed by atoms with Crippen LogP contribution in [0.3, 0.4) is 0 Å². The van der Waals surface area contributed by atoms with Gasteiger partial charge in [-0.15, -0.1) is 0 Å². The van der Waals surface area contributed by atoms with Crippen LogP contribution < -0.4 is 0 Å². The van der Waals surface area contributed by atoms with E-state index in [9.17, 15) is 4.39 Å². The van der Waals surface area contributed by atoms with Gasteiger partial charge in [0.15, 0.2) is 0 Å². The maximum atomic E-state index is 13.1. The molecule has 16 heavy (non-hydrogen) atoms. The van der Waals surface area contributed by atoms with Crippen molar-refractivity contribution < 1.29 is 4.39 Å². The zero-order chi connectivity index (χ0) is 12.0. The molecule has 0 aliphatic heterocycles. The summed E-state index contributed by atoms with van der Waals surface area (Å²) < 4.78 is 13.6. The molecule has 0 fully saturated rings. The van der Waals surface area contributed by atoms with Crippen LogP contribution in [0.2, 0.25) is 0 Å². The Morgan fingerprint density at radius 3 is 2.62 bits per heavy atom. The average molecular weight is 353 g/mol. The van der Waals surface area contributed by atoms with Crippen LogP contribution in [0.25, 0.3) is 0 Å². The zero-order valence-electron chi connectivity index (χ0n) is 9.35. The fraction of sp³-hybridized carbons (Fsp3) is 0.500. The molecule has 0 bridgehead atoms. The maximum Gasteiger partial charge on any atom is 0.137 e. The second kappa shape index (κ2) is 7.41. The van der Waals surface area contributed by atoms with Crippen molar-refractivity contribution in [1.82, 2.24) is 4.90 Å². The molecule has 0 heterocycles. The first-order chi connectivity index (χ1) is 7.67. The van der Waals surface area contributed by atoms with Gasteiger partial charge in [0, 0.05) is 18.4 Å². The fourth-order valence-electron chi connectivity index (χ4n) is 1.60. The van der Waals surface area contributed by atoms with Gasteiger partial charge in [0.1, 0.15) is 5.82 Å². The van der Waals surface area contributed by atoms with Crippen LogP contribution in [0.15, 0.2) is 22.7 Å². The van der Waals surface area contributed by atoms with Gasteiger partial charge < -0.3 is 0 Å². The van der Waals surface area contributed by atoms with Gasteiger partial charge in [0.2, 0.25) is 0 Å². The van der Waals surface area contributed by atoms with Crippen LogP contribution in [0.5, 0.6) is 0 Å². The van der Waals surface area contributed by atoms with Crippen molar-refractivity contribution in [2.24, 2.45) is 0 Å². The lowest BCUT2D eigenvalue weighted by Gasteiger charge is -2.20. The third-order valence-corrected chi connectivity index (χ3v) is 3.29. The van der Waals surface area contributed by atoms with Crippen LogP contribution in [0, 0.1) is 5.82 Å². The highest BCUT2D eigenvalue weighted by Crippen LogP contribution is 2.18. The van der Waals surface area contributed by atoms with Crippen molar-refractivity contribution in [3.63, 3.8) is 0 Å². The molecule has 0 unspecified atom stereocenters. The Bertz CT molecular complexity index is 325. The lowest BCUT2D eigenvalue weighted by molar-refractivity contribution is 0.283.